The summed E-state index contributed by atoms with van der Waals surface area (Å²) < 4.78 is 39.6. The van der Waals surface area contributed by atoms with Crippen LogP contribution in [-0.4, -0.2) is 37.4 Å². The average Bonchev–Trinajstić information content (AvgIpc) is 3.09. The van der Waals surface area contributed by atoms with E-state index in [0.717, 1.165) is 0 Å². The van der Waals surface area contributed by atoms with Crippen LogP contribution < -0.4 is 14.2 Å². The van der Waals surface area contributed by atoms with Crippen molar-refractivity contribution in [3.05, 3.63) is 54.4 Å². The highest BCUT2D eigenvalue weighted by Crippen LogP contribution is 2.30. The molecule has 27 heavy (non-hydrogen) atoms. The van der Waals surface area contributed by atoms with Gasteiger partial charge < -0.3 is 9.47 Å². The number of nitrogens with one attached hydrogen (secondary N) is 1. The Balaban J connectivity index is 2.05. The fourth-order valence-electron chi connectivity index (χ4n) is 2.35. The van der Waals surface area contributed by atoms with Gasteiger partial charge in [0.05, 0.1) is 25.3 Å². The Kier molecular flexibility index (Phi) is 4.96. The molecule has 10 heteroatoms. The number of aromatic nitrogens is 3. The van der Waals surface area contributed by atoms with Crippen molar-refractivity contribution in [2.45, 2.75) is 4.90 Å². The summed E-state index contributed by atoms with van der Waals surface area (Å²) in [5.74, 6) is 1.02. The van der Waals surface area contributed by atoms with E-state index in [2.05, 4.69) is 14.8 Å². The van der Waals surface area contributed by atoms with Gasteiger partial charge in [-0.3, -0.25) is 4.72 Å². The molecule has 0 fully saturated rings. The van der Waals surface area contributed by atoms with E-state index in [9.17, 15) is 13.7 Å². The number of hydrogen-bond acceptors (Lipinski definition) is 7. The van der Waals surface area contributed by atoms with Crippen LogP contribution >= 0.6 is 0 Å². The van der Waals surface area contributed by atoms with Gasteiger partial charge in [0.1, 0.15) is 11.6 Å². The first-order chi connectivity index (χ1) is 13.0. The zero-order valence-corrected chi connectivity index (χ0v) is 15.3. The lowest BCUT2D eigenvalue weighted by atomic mass is 10.3. The van der Waals surface area contributed by atoms with Crippen molar-refractivity contribution in [3.63, 3.8) is 0 Å². The van der Waals surface area contributed by atoms with E-state index >= 15 is 0 Å². The predicted molar refractivity (Wildman–Crippen MR) is 96.4 cm³/mol. The highest BCUT2D eigenvalue weighted by Gasteiger charge is 2.22. The number of nitrogens with zero attached hydrogens (tertiary/aromatic N) is 4. The second-order valence-corrected chi connectivity index (χ2v) is 6.92. The summed E-state index contributed by atoms with van der Waals surface area (Å²) in [6, 6.07) is 11.2. The molecule has 0 aliphatic carbocycles. The molecular weight excluding hydrogens is 370 g/mol. The maximum atomic E-state index is 12.8. The largest absolute Gasteiger partial charge is 0.493 e. The molecule has 0 aliphatic rings. The number of rotatable bonds is 6. The third-order valence-corrected chi connectivity index (χ3v) is 4.99. The van der Waals surface area contributed by atoms with Crippen molar-refractivity contribution < 1.29 is 17.9 Å². The van der Waals surface area contributed by atoms with Gasteiger partial charge >= 0.3 is 0 Å². The van der Waals surface area contributed by atoms with Crippen LogP contribution in [0.1, 0.15) is 5.56 Å². The fourth-order valence-corrected chi connectivity index (χ4v) is 3.43. The minimum absolute atomic E-state index is 0.00835. The lowest BCUT2D eigenvalue weighted by Gasteiger charge is -2.13. The van der Waals surface area contributed by atoms with Gasteiger partial charge in [-0.05, 0) is 24.3 Å². The Labute approximate surface area is 155 Å². The van der Waals surface area contributed by atoms with Gasteiger partial charge in [0.2, 0.25) is 0 Å². The van der Waals surface area contributed by atoms with Crippen molar-refractivity contribution in [1.82, 2.24) is 14.8 Å². The van der Waals surface area contributed by atoms with Gasteiger partial charge in [-0.15, -0.1) is 0 Å². The first kappa shape index (κ1) is 18.2. The van der Waals surface area contributed by atoms with Gasteiger partial charge in [-0.2, -0.15) is 15.0 Å². The molecule has 3 aromatic rings. The van der Waals surface area contributed by atoms with E-state index in [1.54, 1.807) is 18.2 Å². The molecule has 0 spiro atoms. The lowest BCUT2D eigenvalue weighted by molar-refractivity contribution is 0.354. The van der Waals surface area contributed by atoms with Crippen LogP contribution in [0.5, 0.6) is 11.5 Å². The number of benzene rings is 1. The molecule has 2 heterocycles. The van der Waals surface area contributed by atoms with Gasteiger partial charge in [-0.1, -0.05) is 6.07 Å². The Bertz CT molecular complexity index is 1100. The Morgan fingerprint density at radius 2 is 1.93 bits per heavy atom. The van der Waals surface area contributed by atoms with Crippen molar-refractivity contribution >= 4 is 15.8 Å². The van der Waals surface area contributed by atoms with Crippen LogP contribution in [0.15, 0.2) is 53.7 Å². The minimum atomic E-state index is -4.03. The first-order valence-electron chi connectivity index (χ1n) is 7.64. The molecule has 1 aromatic carbocycles. The number of nitriles is 1. The van der Waals surface area contributed by atoms with Gasteiger partial charge in [0, 0.05) is 12.3 Å². The van der Waals surface area contributed by atoms with Crippen molar-refractivity contribution in [2.75, 3.05) is 18.9 Å². The molecule has 2 aromatic heterocycles. The summed E-state index contributed by atoms with van der Waals surface area (Å²) in [5.41, 5.74) is 0.0599. The molecule has 0 saturated carbocycles. The number of anilines is 1. The van der Waals surface area contributed by atoms with Crippen LogP contribution in [0.3, 0.4) is 0 Å². The lowest BCUT2D eigenvalue weighted by Crippen LogP contribution is -2.17. The molecule has 1 N–H and O–H groups in total. The van der Waals surface area contributed by atoms with Gasteiger partial charge in [0.15, 0.2) is 23.1 Å². The molecule has 0 radical (unpaired) electrons. The predicted octanol–water partition coefficient (Wildman–Crippen LogP) is 1.96. The second-order valence-electron chi connectivity index (χ2n) is 5.24. The van der Waals surface area contributed by atoms with Crippen molar-refractivity contribution in [3.8, 4) is 23.4 Å². The molecule has 3 rings (SSSR count). The van der Waals surface area contributed by atoms with Crippen LogP contribution in [0.2, 0.25) is 0 Å². The van der Waals surface area contributed by atoms with E-state index in [-0.39, 0.29) is 22.0 Å². The van der Waals surface area contributed by atoms with Gasteiger partial charge in [-0.25, -0.2) is 13.4 Å². The molecule has 0 saturated heterocycles. The molecule has 9 nitrogen and oxygen atoms in total. The van der Waals surface area contributed by atoms with Crippen LogP contribution in [0.4, 0.5) is 5.82 Å². The van der Waals surface area contributed by atoms with E-state index in [0.29, 0.717) is 11.6 Å². The average molecular weight is 385 g/mol. The Hall–Kier alpha value is -3.58. The number of ether oxygens (including phenoxy) is 2. The zero-order chi connectivity index (χ0) is 19.4. The van der Waals surface area contributed by atoms with Crippen LogP contribution in [-0.2, 0) is 10.0 Å². The maximum Gasteiger partial charge on any atom is 0.263 e. The quantitative estimate of drug-likeness (QED) is 0.689. The number of sulfonamides is 1. The Morgan fingerprint density at radius 1 is 1.15 bits per heavy atom. The van der Waals surface area contributed by atoms with Crippen molar-refractivity contribution in [1.29, 1.82) is 5.26 Å². The summed E-state index contributed by atoms with van der Waals surface area (Å²) in [5, 5.41) is 13.4. The summed E-state index contributed by atoms with van der Waals surface area (Å²) in [6.45, 7) is 0. The first-order valence-corrected chi connectivity index (χ1v) is 9.13. The summed E-state index contributed by atoms with van der Waals surface area (Å²) in [7, 11) is -1.17. The number of hydrogen-bond donors (Lipinski definition) is 1. The molecule has 0 aliphatic heterocycles. The van der Waals surface area contributed by atoms with E-state index < -0.39 is 10.0 Å². The zero-order valence-electron chi connectivity index (χ0n) is 14.4. The minimum Gasteiger partial charge on any atom is -0.493 e. The van der Waals surface area contributed by atoms with Gasteiger partial charge in [0.25, 0.3) is 10.0 Å². The molecular formula is C17H15N5O4S. The smallest absolute Gasteiger partial charge is 0.263 e. The van der Waals surface area contributed by atoms with Crippen LogP contribution in [0, 0.1) is 11.3 Å². The summed E-state index contributed by atoms with van der Waals surface area (Å²) >= 11 is 0. The highest BCUT2D eigenvalue weighted by atomic mass is 32.2. The fraction of sp³-hybridized carbons (Fsp3) is 0.118. The topological polar surface area (TPSA) is 119 Å². The van der Waals surface area contributed by atoms with Crippen LogP contribution in [0.25, 0.3) is 5.82 Å². The monoisotopic (exact) mass is 385 g/mol. The third-order valence-electron chi connectivity index (χ3n) is 3.65. The van der Waals surface area contributed by atoms with Crippen molar-refractivity contribution in [2.24, 2.45) is 0 Å². The van der Waals surface area contributed by atoms with E-state index in [1.165, 1.54) is 49.5 Å². The molecule has 0 atom stereocenters. The maximum absolute atomic E-state index is 12.8. The standard InChI is InChI=1S/C17H15N5O4S/c1-25-14-7-6-13(9-15(14)26-2)27(23,24)21-17-12(10-18)11-20-22(17)16-5-3-4-8-19-16/h3-9,11,21H,1-2H3. The third kappa shape index (κ3) is 3.54. The SMILES string of the molecule is COc1ccc(S(=O)(=O)Nc2c(C#N)cnn2-c2ccccn2)cc1OC. The second kappa shape index (κ2) is 7.35. The number of pyridine rings is 1. The summed E-state index contributed by atoms with van der Waals surface area (Å²) in [6.07, 6.45) is 2.80. The molecule has 0 bridgehead atoms. The Morgan fingerprint density at radius 3 is 2.56 bits per heavy atom. The normalized spacial score (nSPS) is 10.9. The molecule has 0 amide bonds. The number of methoxy groups -OCH3 is 2. The highest BCUT2D eigenvalue weighted by molar-refractivity contribution is 7.92. The van der Waals surface area contributed by atoms with E-state index in [4.69, 9.17) is 9.47 Å². The molecule has 0 unspecified atom stereocenters. The summed E-state index contributed by atoms with van der Waals surface area (Å²) in [4.78, 5) is 4.07. The molecule has 138 valence electrons. The van der Waals surface area contributed by atoms with E-state index in [1.807, 2.05) is 6.07 Å².